The van der Waals surface area contributed by atoms with E-state index in [9.17, 15) is 0 Å². The van der Waals surface area contributed by atoms with E-state index in [1.165, 1.54) is 142 Å². The van der Waals surface area contributed by atoms with Gasteiger partial charge in [-0.25, -0.2) is 0 Å². The second kappa shape index (κ2) is 15.3. The highest BCUT2D eigenvalue weighted by Gasteiger charge is 2.40. The molecule has 300 valence electrons. The van der Waals surface area contributed by atoms with Gasteiger partial charge in [0, 0.05) is 22.4 Å². The van der Waals surface area contributed by atoms with E-state index in [4.69, 9.17) is 0 Å². The topological polar surface area (TPSA) is 3.24 Å². The number of anilines is 3. The van der Waals surface area contributed by atoms with E-state index >= 15 is 0 Å². The van der Waals surface area contributed by atoms with Crippen LogP contribution in [0.4, 0.5) is 17.1 Å². The lowest BCUT2D eigenvalue weighted by molar-refractivity contribution is 0.420. The van der Waals surface area contributed by atoms with Gasteiger partial charge in [0.1, 0.15) is 0 Å². The van der Waals surface area contributed by atoms with E-state index < -0.39 is 0 Å². The molecule has 2 bridgehead atoms. The first kappa shape index (κ1) is 37.6. The van der Waals surface area contributed by atoms with Crippen molar-refractivity contribution < 1.29 is 0 Å². The Bertz CT molecular complexity index is 2610. The number of hydrogen-bond acceptors (Lipinski definition) is 1. The molecule has 0 heterocycles. The summed E-state index contributed by atoms with van der Waals surface area (Å²) in [5, 5.41) is 0. The van der Waals surface area contributed by atoms with Crippen LogP contribution in [-0.2, 0) is 5.41 Å². The molecule has 1 heteroatoms. The van der Waals surface area contributed by atoms with Crippen molar-refractivity contribution in [2.24, 2.45) is 17.8 Å². The predicted octanol–water partition coefficient (Wildman–Crippen LogP) is 16.7. The van der Waals surface area contributed by atoms with Crippen LogP contribution in [0.5, 0.6) is 0 Å². The zero-order valence-electron chi connectivity index (χ0n) is 35.8. The molecule has 1 nitrogen and oxygen atoms in total. The van der Waals surface area contributed by atoms with Crippen molar-refractivity contribution in [3.8, 4) is 33.4 Å². The zero-order chi connectivity index (χ0) is 40.4. The van der Waals surface area contributed by atoms with Crippen molar-refractivity contribution in [2.45, 2.75) is 102 Å². The largest absolute Gasteiger partial charge is 0.310 e. The first-order valence-electron chi connectivity index (χ1n) is 23.3. The quantitative estimate of drug-likeness (QED) is 0.149. The van der Waals surface area contributed by atoms with E-state index in [1.54, 1.807) is 0 Å². The highest BCUT2D eigenvalue weighted by molar-refractivity contribution is 5.92. The minimum atomic E-state index is -0.157. The molecule has 0 N–H and O–H groups in total. The normalized spacial score (nSPS) is 22.7. The standard InChI is InChI=1S/C59H59N/c1-39-13-7-8-16-49(39)43-25-23-41(24-26-43)45-29-33-52-53-34-32-48(38-57(53)59(2,3)56(52)37-45)60(47-30-27-44(28-31-47)55-36-40-21-22-46(55)35-40)58-20-12-11-19-54(58)51-18-10-9-17-50(51)42-14-5-4-6-15-42/h7-12,16-20,23-34,37-40,42,46,55H,4-6,13-15,21-22,35-36H2,1-3H3. The van der Waals surface area contributed by atoms with Crippen molar-refractivity contribution in [1.82, 2.24) is 0 Å². The van der Waals surface area contributed by atoms with Gasteiger partial charge < -0.3 is 4.90 Å². The van der Waals surface area contributed by atoms with Crippen LogP contribution in [0.3, 0.4) is 0 Å². The minimum Gasteiger partial charge on any atom is -0.310 e. The molecule has 0 saturated heterocycles. The summed E-state index contributed by atoms with van der Waals surface area (Å²) in [4.78, 5) is 2.57. The third-order valence-corrected chi connectivity index (χ3v) is 15.7. The molecular formula is C59H59N. The molecule has 4 atom stereocenters. The van der Waals surface area contributed by atoms with Gasteiger partial charge in [0.2, 0.25) is 0 Å². The van der Waals surface area contributed by atoms with E-state index in [0.29, 0.717) is 11.8 Å². The summed E-state index contributed by atoms with van der Waals surface area (Å²) in [7, 11) is 0. The van der Waals surface area contributed by atoms with Crippen LogP contribution in [0.1, 0.15) is 125 Å². The molecule has 6 aromatic rings. The highest BCUT2D eigenvalue weighted by Crippen LogP contribution is 2.55. The molecule has 0 radical (unpaired) electrons. The van der Waals surface area contributed by atoms with Crippen molar-refractivity contribution >= 4 is 22.6 Å². The monoisotopic (exact) mass is 781 g/mol. The number of rotatable bonds is 8. The lowest BCUT2D eigenvalue weighted by Gasteiger charge is -2.31. The van der Waals surface area contributed by atoms with Gasteiger partial charge in [0.15, 0.2) is 0 Å². The van der Waals surface area contributed by atoms with Gasteiger partial charge in [-0.15, -0.1) is 0 Å². The van der Waals surface area contributed by atoms with Crippen LogP contribution in [-0.4, -0.2) is 0 Å². The summed E-state index contributed by atoms with van der Waals surface area (Å²) in [6, 6.07) is 52.1. The van der Waals surface area contributed by atoms with Gasteiger partial charge in [0.05, 0.1) is 5.69 Å². The van der Waals surface area contributed by atoms with Crippen molar-refractivity contribution in [3.05, 3.63) is 180 Å². The molecule has 11 rings (SSSR count). The lowest BCUT2D eigenvalue weighted by atomic mass is 9.80. The van der Waals surface area contributed by atoms with E-state index in [-0.39, 0.29) is 5.41 Å². The summed E-state index contributed by atoms with van der Waals surface area (Å²) in [5.41, 5.74) is 20.2. The fourth-order valence-corrected chi connectivity index (χ4v) is 12.4. The fraction of sp³-hybridized carbons (Fsp3) is 0.322. The van der Waals surface area contributed by atoms with Gasteiger partial charge in [-0.1, -0.05) is 162 Å². The second-order valence-electron chi connectivity index (χ2n) is 19.5. The Kier molecular flexibility index (Phi) is 9.56. The Morgan fingerprint density at radius 2 is 1.25 bits per heavy atom. The van der Waals surface area contributed by atoms with Gasteiger partial charge in [-0.2, -0.15) is 0 Å². The smallest absolute Gasteiger partial charge is 0.0540 e. The average Bonchev–Trinajstić information content (AvgIpc) is 4.00. The van der Waals surface area contributed by atoms with Crippen LogP contribution < -0.4 is 4.90 Å². The van der Waals surface area contributed by atoms with Crippen LogP contribution >= 0.6 is 0 Å². The SMILES string of the molecule is CC1CC=CC=C1c1ccc(-c2ccc3c(c2)C(C)(C)c2cc(N(c4ccc(C5CC6CCC5C6)cc4)c4ccccc4-c4ccccc4C4CCCCC4)ccc2-3)cc1. The molecule has 0 spiro atoms. The summed E-state index contributed by atoms with van der Waals surface area (Å²) in [5.74, 6) is 3.70. The molecule has 4 unspecified atom stereocenters. The summed E-state index contributed by atoms with van der Waals surface area (Å²) in [6.45, 7) is 7.20. The maximum atomic E-state index is 2.57. The van der Waals surface area contributed by atoms with Crippen molar-refractivity contribution in [2.75, 3.05) is 4.90 Å². The number of hydrogen-bond donors (Lipinski definition) is 0. The van der Waals surface area contributed by atoms with E-state index in [1.807, 2.05) is 0 Å². The number of fused-ring (bicyclic) bond motifs is 5. The van der Waals surface area contributed by atoms with Crippen LogP contribution in [0.2, 0.25) is 0 Å². The molecule has 0 aromatic heterocycles. The number of benzene rings is 6. The van der Waals surface area contributed by atoms with E-state index in [2.05, 4.69) is 177 Å². The van der Waals surface area contributed by atoms with Crippen LogP contribution in [0.15, 0.2) is 152 Å². The van der Waals surface area contributed by atoms with Crippen LogP contribution in [0, 0.1) is 17.8 Å². The molecule has 0 amide bonds. The first-order valence-corrected chi connectivity index (χ1v) is 23.3. The third kappa shape index (κ3) is 6.52. The average molecular weight is 782 g/mol. The second-order valence-corrected chi connectivity index (χ2v) is 19.5. The summed E-state index contributed by atoms with van der Waals surface area (Å²) < 4.78 is 0. The van der Waals surface area contributed by atoms with Gasteiger partial charge in [-0.05, 0) is 166 Å². The molecule has 60 heavy (non-hydrogen) atoms. The zero-order valence-corrected chi connectivity index (χ0v) is 35.8. The van der Waals surface area contributed by atoms with E-state index in [0.717, 1.165) is 24.2 Å². The first-order chi connectivity index (χ1) is 29.4. The predicted molar refractivity (Wildman–Crippen MR) is 254 cm³/mol. The highest BCUT2D eigenvalue weighted by atomic mass is 15.1. The molecule has 3 saturated carbocycles. The number of para-hydroxylation sites is 1. The molecular weight excluding hydrogens is 723 g/mol. The maximum absolute atomic E-state index is 2.57. The minimum absolute atomic E-state index is 0.157. The fourth-order valence-electron chi connectivity index (χ4n) is 12.4. The Morgan fingerprint density at radius 1 is 0.567 bits per heavy atom. The molecule has 5 aliphatic carbocycles. The lowest BCUT2D eigenvalue weighted by Crippen LogP contribution is -2.17. The Balaban J connectivity index is 0.988. The molecule has 3 fully saturated rings. The van der Waals surface area contributed by atoms with Gasteiger partial charge in [-0.3, -0.25) is 0 Å². The molecule has 0 aliphatic heterocycles. The maximum Gasteiger partial charge on any atom is 0.0540 e. The Morgan fingerprint density at radius 3 is 2.00 bits per heavy atom. The van der Waals surface area contributed by atoms with Gasteiger partial charge in [0.25, 0.3) is 0 Å². The molecule has 5 aliphatic rings. The Hall–Kier alpha value is -5.40. The van der Waals surface area contributed by atoms with Crippen LogP contribution in [0.25, 0.3) is 39.0 Å². The number of nitrogens with zero attached hydrogens (tertiary/aromatic N) is 1. The number of allylic oxidation sites excluding steroid dienone is 4. The van der Waals surface area contributed by atoms with Gasteiger partial charge >= 0.3 is 0 Å². The summed E-state index contributed by atoms with van der Waals surface area (Å²) in [6.07, 6.45) is 20.1. The summed E-state index contributed by atoms with van der Waals surface area (Å²) >= 11 is 0. The third-order valence-electron chi connectivity index (χ3n) is 15.7. The molecule has 6 aromatic carbocycles. The van der Waals surface area contributed by atoms with Crippen molar-refractivity contribution in [1.29, 1.82) is 0 Å². The Labute approximate surface area is 358 Å². The van der Waals surface area contributed by atoms with Crippen molar-refractivity contribution in [3.63, 3.8) is 0 Å².